The third-order valence-electron chi connectivity index (χ3n) is 10.1. The molecule has 2 nitrogen and oxygen atoms in total. The van der Waals surface area contributed by atoms with Crippen LogP contribution in [0.3, 0.4) is 0 Å². The first-order valence-electron chi connectivity index (χ1n) is 22.3. The molecule has 2 heteroatoms. The highest BCUT2D eigenvalue weighted by Crippen LogP contribution is 2.57. The van der Waals surface area contributed by atoms with Gasteiger partial charge in [-0.05, 0) is 67.4 Å². The third-order valence-corrected chi connectivity index (χ3v) is 10.1. The predicted octanol–water partition coefficient (Wildman–Crippen LogP) is 12.7. The topological polar surface area (TPSA) is 25.8 Å². The minimum Gasteiger partial charge on any atom is -0.228 e. The highest BCUT2D eigenvalue weighted by atomic mass is 14.9. The van der Waals surface area contributed by atoms with Crippen molar-refractivity contribution in [3.8, 4) is 56.2 Å². The standard InChI is InChI=1S/C51H34N2/c1-5-17-35(18-6-1)48-34-49(53-50(52-48)36-19-7-2-8-20-36)45-32-31-40(41-25-13-14-26-42(41)45)37-29-30-44-43-27-15-16-28-46(43)51(47(44)33-37,38-21-9-3-10-22-38)39-23-11-4-12-24-39/h1-34H/i3D,4D,9D,10D,11D,12D,21D,22D,23D,24D. The average Bonchev–Trinajstić information content (AvgIpc) is 3.61. The number of aromatic nitrogens is 2. The van der Waals surface area contributed by atoms with Gasteiger partial charge in [-0.15, -0.1) is 0 Å². The zero-order valence-corrected chi connectivity index (χ0v) is 28.3. The van der Waals surface area contributed by atoms with Crippen LogP contribution in [0, 0.1) is 0 Å². The lowest BCUT2D eigenvalue weighted by atomic mass is 9.67. The van der Waals surface area contributed by atoms with Crippen LogP contribution in [0.2, 0.25) is 0 Å². The predicted molar refractivity (Wildman–Crippen MR) is 219 cm³/mol. The van der Waals surface area contributed by atoms with E-state index < -0.39 is 65.8 Å². The number of benzene rings is 8. The van der Waals surface area contributed by atoms with E-state index >= 15 is 0 Å². The van der Waals surface area contributed by atoms with Crippen LogP contribution in [-0.2, 0) is 5.41 Å². The number of nitrogens with zero attached hydrogens (tertiary/aromatic N) is 2. The van der Waals surface area contributed by atoms with E-state index in [-0.39, 0.29) is 11.1 Å². The van der Waals surface area contributed by atoms with Crippen molar-refractivity contribution in [2.75, 3.05) is 0 Å². The summed E-state index contributed by atoms with van der Waals surface area (Å²) in [4.78, 5) is 10.1. The zero-order valence-electron chi connectivity index (χ0n) is 38.3. The Balaban J connectivity index is 1.26. The molecule has 0 N–H and O–H groups in total. The largest absolute Gasteiger partial charge is 0.228 e. The van der Waals surface area contributed by atoms with Crippen LogP contribution in [0.5, 0.6) is 0 Å². The maximum Gasteiger partial charge on any atom is 0.160 e. The fourth-order valence-electron chi connectivity index (χ4n) is 7.82. The Hall–Kier alpha value is -6.90. The molecule has 0 atom stereocenters. The van der Waals surface area contributed by atoms with Gasteiger partial charge in [0.25, 0.3) is 0 Å². The molecule has 1 aliphatic carbocycles. The van der Waals surface area contributed by atoms with Crippen LogP contribution in [-0.4, -0.2) is 9.97 Å². The minimum absolute atomic E-state index is 0.206. The molecule has 9 aromatic rings. The quantitative estimate of drug-likeness (QED) is 0.174. The Bertz CT molecular complexity index is 3170. The Morgan fingerprint density at radius 3 is 1.60 bits per heavy atom. The van der Waals surface area contributed by atoms with Crippen molar-refractivity contribution in [1.82, 2.24) is 9.97 Å². The molecular weight excluding hydrogens is 641 g/mol. The zero-order chi connectivity index (χ0) is 43.9. The van der Waals surface area contributed by atoms with E-state index in [2.05, 4.69) is 0 Å². The second kappa shape index (κ2) is 12.7. The van der Waals surface area contributed by atoms with Crippen LogP contribution >= 0.6 is 0 Å². The van der Waals surface area contributed by atoms with Gasteiger partial charge in [0.2, 0.25) is 0 Å². The summed E-state index contributed by atoms with van der Waals surface area (Å²) >= 11 is 0. The summed E-state index contributed by atoms with van der Waals surface area (Å²) in [5.74, 6) is 0.579. The Morgan fingerprint density at radius 1 is 0.377 bits per heavy atom. The van der Waals surface area contributed by atoms with Gasteiger partial charge in [-0.1, -0.05) is 194 Å². The first kappa shape index (κ1) is 22.1. The van der Waals surface area contributed by atoms with E-state index in [4.69, 9.17) is 18.2 Å². The fourth-order valence-corrected chi connectivity index (χ4v) is 7.82. The highest BCUT2D eigenvalue weighted by molar-refractivity contribution is 6.05. The summed E-state index contributed by atoms with van der Waals surface area (Å²) < 4.78 is 89.8. The maximum absolute atomic E-state index is 9.38. The van der Waals surface area contributed by atoms with Crippen molar-refractivity contribution in [2.45, 2.75) is 5.41 Å². The van der Waals surface area contributed by atoms with Crippen LogP contribution in [0.25, 0.3) is 66.9 Å². The van der Waals surface area contributed by atoms with Gasteiger partial charge in [-0.2, -0.15) is 0 Å². The summed E-state index contributed by atoms with van der Waals surface area (Å²) in [6.45, 7) is 0. The molecule has 1 heterocycles. The Morgan fingerprint density at radius 2 is 0.906 bits per heavy atom. The van der Waals surface area contributed by atoms with Crippen molar-refractivity contribution >= 4 is 10.8 Å². The van der Waals surface area contributed by atoms with Crippen LogP contribution in [0.1, 0.15) is 36.0 Å². The molecule has 0 saturated heterocycles. The molecule has 248 valence electrons. The molecule has 0 spiro atoms. The lowest BCUT2D eigenvalue weighted by molar-refractivity contribution is 0.769. The van der Waals surface area contributed by atoms with Gasteiger partial charge in [-0.3, -0.25) is 0 Å². The minimum atomic E-state index is -1.94. The van der Waals surface area contributed by atoms with E-state index in [1.54, 1.807) is 12.1 Å². The molecule has 0 saturated carbocycles. The number of fused-ring (bicyclic) bond motifs is 4. The molecule has 0 unspecified atom stereocenters. The van der Waals surface area contributed by atoms with Gasteiger partial charge in [-0.25, -0.2) is 9.97 Å². The number of hydrogen-bond acceptors (Lipinski definition) is 2. The lowest BCUT2D eigenvalue weighted by Gasteiger charge is -2.34. The van der Waals surface area contributed by atoms with E-state index in [9.17, 15) is 5.48 Å². The van der Waals surface area contributed by atoms with Gasteiger partial charge in [0.1, 0.15) is 0 Å². The molecule has 0 bridgehead atoms. The molecule has 1 aromatic heterocycles. The van der Waals surface area contributed by atoms with Crippen molar-refractivity contribution in [3.63, 3.8) is 0 Å². The van der Waals surface area contributed by atoms with Crippen molar-refractivity contribution in [2.24, 2.45) is 0 Å². The van der Waals surface area contributed by atoms with Crippen molar-refractivity contribution < 1.29 is 13.7 Å². The fraction of sp³-hybridized carbons (Fsp3) is 0.0196. The Kier molecular flexibility index (Phi) is 5.30. The molecule has 0 amide bonds. The monoisotopic (exact) mass is 684 g/mol. The summed E-state index contributed by atoms with van der Waals surface area (Å²) in [6.07, 6.45) is 0. The van der Waals surface area contributed by atoms with Crippen LogP contribution in [0.15, 0.2) is 206 Å². The van der Waals surface area contributed by atoms with Gasteiger partial charge >= 0.3 is 0 Å². The van der Waals surface area contributed by atoms with Gasteiger partial charge < -0.3 is 0 Å². The molecule has 1 aliphatic rings. The average molecular weight is 685 g/mol. The van der Waals surface area contributed by atoms with E-state index in [0.717, 1.165) is 44.4 Å². The highest BCUT2D eigenvalue weighted by Gasteiger charge is 2.46. The molecule has 0 aliphatic heterocycles. The first-order chi connectivity index (χ1) is 30.4. The van der Waals surface area contributed by atoms with Crippen molar-refractivity contribution in [1.29, 1.82) is 0 Å². The third kappa shape index (κ3) is 5.03. The number of rotatable bonds is 6. The summed E-state index contributed by atoms with van der Waals surface area (Å²) in [5, 5.41) is 1.78. The molecule has 10 rings (SSSR count). The SMILES string of the molecule is [2H]c1c([2H])c([2H])c(C2(c3c([2H])c([2H])c([2H])c([2H])c3[2H])c3ccccc3-c3ccc(-c4ccc(-c5cc(-c6ccccc6)nc(-c6ccccc6)n5)c5ccccc45)cc32)c([2H])c1[2H]. The molecule has 0 radical (unpaired) electrons. The van der Waals surface area contributed by atoms with E-state index in [1.165, 1.54) is 0 Å². The molecule has 8 aromatic carbocycles. The van der Waals surface area contributed by atoms with E-state index in [1.807, 2.05) is 133 Å². The smallest absolute Gasteiger partial charge is 0.160 e. The van der Waals surface area contributed by atoms with Crippen LogP contribution < -0.4 is 0 Å². The molecule has 0 fully saturated rings. The van der Waals surface area contributed by atoms with Crippen molar-refractivity contribution in [3.05, 3.63) is 228 Å². The number of hydrogen-bond donors (Lipinski definition) is 0. The van der Waals surface area contributed by atoms with E-state index in [0.29, 0.717) is 33.6 Å². The molecular formula is C51H34N2. The van der Waals surface area contributed by atoms with Gasteiger partial charge in [0.15, 0.2) is 5.82 Å². The normalized spacial score (nSPS) is 15.3. The first-order valence-corrected chi connectivity index (χ1v) is 17.3. The van der Waals surface area contributed by atoms with Gasteiger partial charge in [0, 0.05) is 16.7 Å². The second-order valence-corrected chi connectivity index (χ2v) is 13.0. The molecule has 53 heavy (non-hydrogen) atoms. The second-order valence-electron chi connectivity index (χ2n) is 13.0. The Labute approximate surface area is 323 Å². The summed E-state index contributed by atoms with van der Waals surface area (Å²) in [7, 11) is 0. The van der Waals surface area contributed by atoms with Gasteiger partial charge in [0.05, 0.1) is 30.5 Å². The van der Waals surface area contributed by atoms with Crippen LogP contribution in [0.4, 0.5) is 0 Å². The summed E-state index contributed by atoms with van der Waals surface area (Å²) in [6, 6.07) is 40.9. The lowest BCUT2D eigenvalue weighted by Crippen LogP contribution is -2.28. The maximum atomic E-state index is 9.38. The summed E-state index contributed by atoms with van der Waals surface area (Å²) in [5.41, 5.74) is 5.46.